The van der Waals surface area contributed by atoms with Crippen molar-refractivity contribution in [3.63, 3.8) is 0 Å². The quantitative estimate of drug-likeness (QED) is 0.634. The van der Waals surface area contributed by atoms with Crippen LogP contribution in [0.4, 0.5) is 5.82 Å². The Bertz CT molecular complexity index is 395. The van der Waals surface area contributed by atoms with Crippen LogP contribution < -0.4 is 5.73 Å². The van der Waals surface area contributed by atoms with Crippen molar-refractivity contribution in [3.8, 4) is 0 Å². The van der Waals surface area contributed by atoms with Crippen LogP contribution >= 0.6 is 0 Å². The summed E-state index contributed by atoms with van der Waals surface area (Å²) in [5.41, 5.74) is 7.77. The van der Waals surface area contributed by atoms with Crippen LogP contribution in [0.25, 0.3) is 0 Å². The Morgan fingerprint density at radius 2 is 2.46 bits per heavy atom. The highest BCUT2D eigenvalue weighted by Crippen LogP contribution is 2.47. The molecule has 3 N–H and O–H groups in total. The van der Waals surface area contributed by atoms with E-state index in [1.54, 1.807) is 6.33 Å². The Morgan fingerprint density at radius 1 is 1.62 bits per heavy atom. The highest BCUT2D eigenvalue weighted by atomic mass is 16.3. The average molecular weight is 178 g/mol. The molecule has 3 rings (SSSR count). The summed E-state index contributed by atoms with van der Waals surface area (Å²) in [5, 5.41) is 8.78. The van der Waals surface area contributed by atoms with Gasteiger partial charge < -0.3 is 15.4 Å². The molecule has 1 saturated carbocycles. The van der Waals surface area contributed by atoms with Crippen LogP contribution in [-0.2, 0) is 6.54 Å². The van der Waals surface area contributed by atoms with Gasteiger partial charge in [0.05, 0.1) is 30.6 Å². The fraction of sp³-hybridized carbons (Fsp3) is 0.500. The molecule has 0 spiro atoms. The number of nitrogens with two attached hydrogens (primary N) is 1. The fourth-order valence-corrected chi connectivity index (χ4v) is 1.85. The Kier molecular flexibility index (Phi) is 1.21. The van der Waals surface area contributed by atoms with Crippen molar-refractivity contribution in [2.75, 3.05) is 6.61 Å². The molecular formula is C8H10N4O. The third-order valence-corrected chi connectivity index (χ3v) is 2.62. The van der Waals surface area contributed by atoms with E-state index in [1.165, 1.54) is 0 Å². The minimum Gasteiger partial charge on any atom is -0.395 e. The number of hydrogen-bond donors (Lipinski definition) is 2. The highest BCUT2D eigenvalue weighted by Gasteiger charge is 2.51. The topological polar surface area (TPSA) is 76.4 Å². The second kappa shape index (κ2) is 2.18. The van der Waals surface area contributed by atoms with Crippen molar-refractivity contribution in [1.82, 2.24) is 9.55 Å². The van der Waals surface area contributed by atoms with Crippen molar-refractivity contribution in [2.24, 2.45) is 10.7 Å². The number of aliphatic hydroxyl groups excluding tert-OH is 1. The molecule has 68 valence electrons. The van der Waals surface area contributed by atoms with Crippen LogP contribution in [0.5, 0.6) is 0 Å². The van der Waals surface area contributed by atoms with Gasteiger partial charge in [0.2, 0.25) is 0 Å². The van der Waals surface area contributed by atoms with Gasteiger partial charge in [0.25, 0.3) is 0 Å². The lowest BCUT2D eigenvalue weighted by atomic mass is 10.3. The average Bonchev–Trinajstić information content (AvgIpc) is 2.51. The first-order valence-electron chi connectivity index (χ1n) is 4.33. The van der Waals surface area contributed by atoms with E-state index in [1.807, 2.05) is 4.57 Å². The van der Waals surface area contributed by atoms with Crippen molar-refractivity contribution >= 4 is 11.5 Å². The standard InChI is InChI=1S/C8H10N4O/c9-5-4-6(5)11-8-7(4)10-3-12(8)1-2-13/h3-5,13H,1-2,9H2. The number of hydrogen-bond acceptors (Lipinski definition) is 4. The highest BCUT2D eigenvalue weighted by molar-refractivity contribution is 6.16. The van der Waals surface area contributed by atoms with E-state index >= 15 is 0 Å². The zero-order valence-corrected chi connectivity index (χ0v) is 7.01. The predicted molar refractivity (Wildman–Crippen MR) is 47.1 cm³/mol. The van der Waals surface area contributed by atoms with Crippen molar-refractivity contribution < 1.29 is 5.11 Å². The molecule has 5 heteroatoms. The summed E-state index contributed by atoms with van der Waals surface area (Å²) >= 11 is 0. The first kappa shape index (κ1) is 7.23. The lowest BCUT2D eigenvalue weighted by Crippen LogP contribution is -2.06. The molecule has 0 bridgehead atoms. The van der Waals surface area contributed by atoms with Gasteiger partial charge in [-0.1, -0.05) is 0 Å². The van der Waals surface area contributed by atoms with Gasteiger partial charge in [-0.25, -0.2) is 9.98 Å². The molecule has 1 aliphatic carbocycles. The van der Waals surface area contributed by atoms with Crippen molar-refractivity contribution in [1.29, 1.82) is 0 Å². The molecule has 2 aliphatic rings. The SMILES string of the molecule is NC1C2=Nc3c(ncn3CCO)C21. The Balaban J connectivity index is 2.01. The van der Waals surface area contributed by atoms with Crippen LogP contribution in [-0.4, -0.2) is 33.0 Å². The number of rotatable bonds is 2. The van der Waals surface area contributed by atoms with Gasteiger partial charge in [0.1, 0.15) is 0 Å². The predicted octanol–water partition coefficient (Wildman–Crippen LogP) is -0.614. The van der Waals surface area contributed by atoms with Crippen LogP contribution in [0.15, 0.2) is 11.3 Å². The summed E-state index contributed by atoms with van der Waals surface area (Å²) in [7, 11) is 0. The minimum absolute atomic E-state index is 0.102. The maximum Gasteiger partial charge on any atom is 0.156 e. The van der Waals surface area contributed by atoms with E-state index in [0.717, 1.165) is 17.2 Å². The monoisotopic (exact) mass is 178 g/mol. The number of aromatic nitrogens is 2. The number of imidazole rings is 1. The zero-order valence-electron chi connectivity index (χ0n) is 7.01. The third-order valence-electron chi connectivity index (χ3n) is 2.62. The normalized spacial score (nSPS) is 28.3. The van der Waals surface area contributed by atoms with E-state index in [9.17, 15) is 0 Å². The van der Waals surface area contributed by atoms with Crippen molar-refractivity contribution in [2.45, 2.75) is 18.5 Å². The molecule has 2 unspecified atom stereocenters. The van der Waals surface area contributed by atoms with Gasteiger partial charge in [0.15, 0.2) is 5.82 Å². The summed E-state index contributed by atoms with van der Waals surface area (Å²) in [5.74, 6) is 1.16. The van der Waals surface area contributed by atoms with E-state index in [4.69, 9.17) is 10.8 Å². The second-order valence-electron chi connectivity index (χ2n) is 3.41. The van der Waals surface area contributed by atoms with E-state index < -0.39 is 0 Å². The van der Waals surface area contributed by atoms with E-state index in [-0.39, 0.29) is 18.6 Å². The summed E-state index contributed by atoms with van der Waals surface area (Å²) in [4.78, 5) is 8.61. The molecule has 0 amide bonds. The lowest BCUT2D eigenvalue weighted by Gasteiger charge is -2.00. The minimum atomic E-state index is 0.102. The first-order chi connectivity index (χ1) is 6.33. The molecule has 1 aliphatic heterocycles. The van der Waals surface area contributed by atoms with E-state index in [0.29, 0.717) is 6.54 Å². The number of nitrogens with zero attached hydrogens (tertiary/aromatic N) is 3. The summed E-state index contributed by atoms with van der Waals surface area (Å²) in [6, 6.07) is 0.102. The van der Waals surface area contributed by atoms with Crippen molar-refractivity contribution in [3.05, 3.63) is 12.0 Å². The van der Waals surface area contributed by atoms with Crippen LogP contribution in [0.1, 0.15) is 11.6 Å². The number of fused-ring (bicyclic) bond motifs is 3. The molecule has 0 radical (unpaired) electrons. The van der Waals surface area contributed by atoms with Crippen LogP contribution in [0.3, 0.4) is 0 Å². The van der Waals surface area contributed by atoms with E-state index in [2.05, 4.69) is 9.98 Å². The smallest absolute Gasteiger partial charge is 0.156 e. The first-order valence-corrected chi connectivity index (χ1v) is 4.33. The van der Waals surface area contributed by atoms with Gasteiger partial charge in [-0.05, 0) is 0 Å². The molecule has 1 aromatic heterocycles. The van der Waals surface area contributed by atoms with Gasteiger partial charge in [0, 0.05) is 12.3 Å². The summed E-state index contributed by atoms with van der Waals surface area (Å²) in [6.07, 6.45) is 1.71. The van der Waals surface area contributed by atoms with Crippen LogP contribution in [0.2, 0.25) is 0 Å². The third kappa shape index (κ3) is 0.777. The largest absolute Gasteiger partial charge is 0.395 e. The molecule has 2 heterocycles. The Hall–Kier alpha value is -1.20. The zero-order chi connectivity index (χ0) is 9.00. The number of aliphatic hydroxyl groups is 1. The molecule has 13 heavy (non-hydrogen) atoms. The Morgan fingerprint density at radius 3 is 3.23 bits per heavy atom. The lowest BCUT2D eigenvalue weighted by molar-refractivity contribution is 0.276. The van der Waals surface area contributed by atoms with Gasteiger partial charge >= 0.3 is 0 Å². The maximum absolute atomic E-state index is 8.78. The van der Waals surface area contributed by atoms with Gasteiger partial charge in [-0.15, -0.1) is 0 Å². The summed E-state index contributed by atoms with van der Waals surface area (Å²) in [6.45, 7) is 0.672. The second-order valence-corrected chi connectivity index (χ2v) is 3.41. The van der Waals surface area contributed by atoms with Crippen LogP contribution in [0, 0.1) is 0 Å². The Labute approximate surface area is 74.9 Å². The molecule has 1 fully saturated rings. The molecule has 2 atom stereocenters. The van der Waals surface area contributed by atoms with Gasteiger partial charge in [-0.2, -0.15) is 0 Å². The fourth-order valence-electron chi connectivity index (χ4n) is 1.85. The molecular weight excluding hydrogens is 168 g/mol. The molecule has 1 aromatic rings. The maximum atomic E-state index is 8.78. The molecule has 0 aromatic carbocycles. The number of aliphatic imine (C=N–C) groups is 1. The van der Waals surface area contributed by atoms with Gasteiger partial charge in [-0.3, -0.25) is 0 Å². The molecule has 5 nitrogen and oxygen atoms in total. The molecule has 0 saturated heterocycles. The summed E-state index contributed by atoms with van der Waals surface area (Å²) < 4.78 is 1.86.